The maximum Gasteiger partial charge on any atom is 0.242 e. The summed E-state index contributed by atoms with van der Waals surface area (Å²) in [5, 5.41) is 10.0. The quantitative estimate of drug-likeness (QED) is 0.873. The maximum absolute atomic E-state index is 11.9. The second-order valence-corrected chi connectivity index (χ2v) is 6.21. The molecule has 1 aliphatic heterocycles. The Labute approximate surface area is 141 Å². The molecule has 1 aromatic carbocycles. The first kappa shape index (κ1) is 16.2. The number of aryl methyl sites for hydroxylation is 2. The van der Waals surface area contributed by atoms with Crippen molar-refractivity contribution in [2.45, 2.75) is 39.2 Å². The third-order valence-electron chi connectivity index (χ3n) is 4.22. The zero-order chi connectivity index (χ0) is 17.1. The van der Waals surface area contributed by atoms with Crippen LogP contribution in [0.25, 0.3) is 5.69 Å². The van der Waals surface area contributed by atoms with Crippen LogP contribution in [-0.4, -0.2) is 34.2 Å². The third kappa shape index (κ3) is 3.64. The molecule has 1 aromatic heterocycles. The molecule has 0 radical (unpaired) electrons. The van der Waals surface area contributed by atoms with E-state index < -0.39 is 0 Å². The highest BCUT2D eigenvalue weighted by Gasteiger charge is 2.26. The van der Waals surface area contributed by atoms with E-state index in [1.807, 2.05) is 36.7 Å². The summed E-state index contributed by atoms with van der Waals surface area (Å²) in [6.07, 6.45) is 1.78. The number of nitrogens with one attached hydrogen (secondary N) is 2. The lowest BCUT2D eigenvalue weighted by atomic mass is 10.1. The van der Waals surface area contributed by atoms with Crippen LogP contribution in [0.4, 0.5) is 0 Å². The van der Waals surface area contributed by atoms with Gasteiger partial charge in [-0.15, -0.1) is 0 Å². The van der Waals surface area contributed by atoms with Crippen molar-refractivity contribution in [2.24, 2.45) is 0 Å². The molecule has 1 saturated heterocycles. The van der Waals surface area contributed by atoms with Crippen molar-refractivity contribution in [2.75, 3.05) is 6.54 Å². The minimum absolute atomic E-state index is 0.0464. The van der Waals surface area contributed by atoms with Gasteiger partial charge in [-0.05, 0) is 50.5 Å². The standard InChI is InChI=1S/C18H22N4O2/c1-12-11-13(2)22(21-12)15-5-3-14(4-6-15)9-10-19-18(24)16-7-8-17(23)20-16/h3-6,11,16H,7-10H2,1-2H3,(H,19,24)(H,20,23)/t16-/m0/s1. The number of hydrogen-bond acceptors (Lipinski definition) is 3. The van der Waals surface area contributed by atoms with Gasteiger partial charge in [-0.3, -0.25) is 9.59 Å². The Morgan fingerprint density at radius 2 is 2.08 bits per heavy atom. The van der Waals surface area contributed by atoms with Crippen LogP contribution < -0.4 is 10.6 Å². The van der Waals surface area contributed by atoms with Crippen LogP contribution in [0.1, 0.15) is 29.8 Å². The fraction of sp³-hybridized carbons (Fsp3) is 0.389. The van der Waals surface area contributed by atoms with Gasteiger partial charge in [0.05, 0.1) is 11.4 Å². The van der Waals surface area contributed by atoms with Crippen LogP contribution in [0.3, 0.4) is 0 Å². The monoisotopic (exact) mass is 326 g/mol. The average Bonchev–Trinajstić information content (AvgIpc) is 3.13. The van der Waals surface area contributed by atoms with E-state index >= 15 is 0 Å². The van der Waals surface area contributed by atoms with Crippen LogP contribution in [0.15, 0.2) is 30.3 Å². The lowest BCUT2D eigenvalue weighted by Gasteiger charge is -2.11. The van der Waals surface area contributed by atoms with Gasteiger partial charge in [0.15, 0.2) is 0 Å². The van der Waals surface area contributed by atoms with E-state index in [0.29, 0.717) is 19.4 Å². The van der Waals surface area contributed by atoms with Gasteiger partial charge >= 0.3 is 0 Å². The molecule has 126 valence electrons. The van der Waals surface area contributed by atoms with Gasteiger partial charge in [-0.25, -0.2) is 4.68 Å². The zero-order valence-corrected chi connectivity index (χ0v) is 14.0. The first-order valence-corrected chi connectivity index (χ1v) is 8.22. The fourth-order valence-electron chi connectivity index (χ4n) is 2.96. The largest absolute Gasteiger partial charge is 0.354 e. The van der Waals surface area contributed by atoms with Gasteiger partial charge in [-0.1, -0.05) is 12.1 Å². The normalized spacial score (nSPS) is 16.9. The Morgan fingerprint density at radius 3 is 2.67 bits per heavy atom. The van der Waals surface area contributed by atoms with Gasteiger partial charge in [0.1, 0.15) is 6.04 Å². The summed E-state index contributed by atoms with van der Waals surface area (Å²) in [5.41, 5.74) is 4.28. The van der Waals surface area contributed by atoms with Crippen molar-refractivity contribution in [1.29, 1.82) is 0 Å². The average molecular weight is 326 g/mol. The molecule has 0 spiro atoms. The highest BCUT2D eigenvalue weighted by Crippen LogP contribution is 2.13. The number of carbonyl (C=O) groups excluding carboxylic acids is 2. The van der Waals surface area contributed by atoms with Crippen molar-refractivity contribution in [1.82, 2.24) is 20.4 Å². The molecule has 2 amide bonds. The van der Waals surface area contributed by atoms with E-state index in [2.05, 4.69) is 27.9 Å². The Kier molecular flexibility index (Phi) is 4.64. The number of benzene rings is 1. The molecule has 0 bridgehead atoms. The number of carbonyl (C=O) groups is 2. The van der Waals surface area contributed by atoms with Crippen LogP contribution in [0, 0.1) is 13.8 Å². The second-order valence-electron chi connectivity index (χ2n) is 6.21. The van der Waals surface area contributed by atoms with Crippen LogP contribution >= 0.6 is 0 Å². The molecule has 2 N–H and O–H groups in total. The summed E-state index contributed by atoms with van der Waals surface area (Å²) < 4.78 is 1.92. The number of hydrogen-bond donors (Lipinski definition) is 2. The second kappa shape index (κ2) is 6.86. The van der Waals surface area contributed by atoms with E-state index in [9.17, 15) is 9.59 Å². The van der Waals surface area contributed by atoms with E-state index in [1.54, 1.807) is 0 Å². The Bertz CT molecular complexity index is 749. The molecule has 6 heteroatoms. The number of rotatable bonds is 5. The molecule has 3 rings (SSSR count). The van der Waals surface area contributed by atoms with E-state index in [0.717, 1.165) is 29.1 Å². The lowest BCUT2D eigenvalue weighted by molar-refractivity contribution is -0.125. The van der Waals surface area contributed by atoms with Crippen molar-refractivity contribution in [3.8, 4) is 5.69 Å². The van der Waals surface area contributed by atoms with E-state index in [1.165, 1.54) is 0 Å². The summed E-state index contributed by atoms with van der Waals surface area (Å²) in [7, 11) is 0. The highest BCUT2D eigenvalue weighted by molar-refractivity contribution is 5.90. The van der Waals surface area contributed by atoms with Crippen molar-refractivity contribution >= 4 is 11.8 Å². The van der Waals surface area contributed by atoms with Crippen LogP contribution in [0.2, 0.25) is 0 Å². The number of amides is 2. The summed E-state index contributed by atoms with van der Waals surface area (Å²) >= 11 is 0. The van der Waals surface area contributed by atoms with Crippen LogP contribution in [0.5, 0.6) is 0 Å². The fourth-order valence-corrected chi connectivity index (χ4v) is 2.96. The Balaban J connectivity index is 1.52. The topological polar surface area (TPSA) is 76.0 Å². The predicted molar refractivity (Wildman–Crippen MR) is 90.9 cm³/mol. The molecule has 1 fully saturated rings. The minimum Gasteiger partial charge on any atom is -0.354 e. The number of nitrogens with zero attached hydrogens (tertiary/aromatic N) is 2. The Hall–Kier alpha value is -2.63. The van der Waals surface area contributed by atoms with Crippen LogP contribution in [-0.2, 0) is 16.0 Å². The molecule has 24 heavy (non-hydrogen) atoms. The van der Waals surface area contributed by atoms with Gasteiger partial charge in [0, 0.05) is 18.7 Å². The molecule has 2 aromatic rings. The lowest BCUT2D eigenvalue weighted by Crippen LogP contribution is -2.42. The van der Waals surface area contributed by atoms with Gasteiger partial charge in [-0.2, -0.15) is 5.10 Å². The first-order valence-electron chi connectivity index (χ1n) is 8.22. The van der Waals surface area contributed by atoms with Crippen molar-refractivity contribution in [3.05, 3.63) is 47.3 Å². The first-order chi connectivity index (χ1) is 11.5. The molecule has 1 atom stereocenters. The SMILES string of the molecule is Cc1cc(C)n(-c2ccc(CCNC(=O)[C@@H]3CCC(=O)N3)cc2)n1. The summed E-state index contributed by atoms with van der Waals surface area (Å²) in [6, 6.07) is 9.85. The molecular weight excluding hydrogens is 304 g/mol. The third-order valence-corrected chi connectivity index (χ3v) is 4.22. The summed E-state index contributed by atoms with van der Waals surface area (Å²) in [5.74, 6) is -0.144. The predicted octanol–water partition coefficient (Wildman–Crippen LogP) is 1.43. The molecular formula is C18H22N4O2. The summed E-state index contributed by atoms with van der Waals surface area (Å²) in [6.45, 7) is 4.57. The zero-order valence-electron chi connectivity index (χ0n) is 14.0. The van der Waals surface area contributed by atoms with Gasteiger partial charge < -0.3 is 10.6 Å². The molecule has 1 aliphatic rings. The van der Waals surface area contributed by atoms with Crippen molar-refractivity contribution < 1.29 is 9.59 Å². The van der Waals surface area contributed by atoms with E-state index in [-0.39, 0.29) is 17.9 Å². The molecule has 0 saturated carbocycles. The van der Waals surface area contributed by atoms with Gasteiger partial charge in [0.25, 0.3) is 0 Å². The Morgan fingerprint density at radius 1 is 1.33 bits per heavy atom. The molecule has 0 unspecified atom stereocenters. The molecule has 0 aliphatic carbocycles. The number of aromatic nitrogens is 2. The molecule has 2 heterocycles. The minimum atomic E-state index is -0.370. The smallest absolute Gasteiger partial charge is 0.242 e. The highest BCUT2D eigenvalue weighted by atomic mass is 16.2. The maximum atomic E-state index is 11.9. The van der Waals surface area contributed by atoms with Crippen molar-refractivity contribution in [3.63, 3.8) is 0 Å². The molecule has 6 nitrogen and oxygen atoms in total. The van der Waals surface area contributed by atoms with Gasteiger partial charge in [0.2, 0.25) is 11.8 Å². The summed E-state index contributed by atoms with van der Waals surface area (Å²) in [4.78, 5) is 23.1. The van der Waals surface area contributed by atoms with E-state index in [4.69, 9.17) is 0 Å².